The summed E-state index contributed by atoms with van der Waals surface area (Å²) in [4.78, 5) is 12.7. The third kappa shape index (κ3) is 3.64. The molecule has 0 radical (unpaired) electrons. The van der Waals surface area contributed by atoms with Crippen LogP contribution in [-0.2, 0) is 4.74 Å². The fourth-order valence-corrected chi connectivity index (χ4v) is 3.33. The highest BCUT2D eigenvalue weighted by Crippen LogP contribution is 2.27. The molecule has 3 aromatic rings. The second-order valence-corrected chi connectivity index (χ2v) is 7.00. The molecule has 5 N–H and O–H groups in total. The van der Waals surface area contributed by atoms with Crippen LogP contribution < -0.4 is 10.2 Å². The lowest BCUT2D eigenvalue weighted by Crippen LogP contribution is -2.60. The SMILES string of the molecule is O=c1c(-c2ccc(O[C@H]3OC(CO)[C@H](O)C(O)C3O)cc2)coc2cc(O)ccc12. The van der Waals surface area contributed by atoms with Crippen LogP contribution in [0.15, 0.2) is 57.9 Å². The highest BCUT2D eigenvalue weighted by atomic mass is 16.7. The first kappa shape index (κ1) is 20.3. The quantitative estimate of drug-likeness (QED) is 0.406. The molecule has 0 aliphatic carbocycles. The van der Waals surface area contributed by atoms with Gasteiger partial charge >= 0.3 is 0 Å². The standard InChI is InChI=1S/C21H20O9/c22-8-16-18(25)19(26)20(27)21(30-16)29-12-4-1-10(2-5-12)14-9-28-15-7-11(23)3-6-13(15)17(14)24/h1-7,9,16,18-23,25-27H,8H2/t16?,18-,19?,20?,21-/m0/s1. The van der Waals surface area contributed by atoms with Gasteiger partial charge in [0.15, 0.2) is 5.43 Å². The molecule has 0 saturated carbocycles. The number of hydrogen-bond donors (Lipinski definition) is 5. The van der Waals surface area contributed by atoms with Gasteiger partial charge in [0.05, 0.1) is 17.6 Å². The van der Waals surface area contributed by atoms with Gasteiger partial charge in [-0.05, 0) is 29.8 Å². The summed E-state index contributed by atoms with van der Waals surface area (Å²) in [6.45, 7) is -0.556. The molecule has 1 aliphatic heterocycles. The second kappa shape index (κ2) is 8.05. The van der Waals surface area contributed by atoms with E-state index in [0.717, 1.165) is 0 Å². The first-order valence-corrected chi connectivity index (χ1v) is 9.21. The van der Waals surface area contributed by atoms with E-state index in [1.54, 1.807) is 12.1 Å². The Hall–Kier alpha value is -2.95. The van der Waals surface area contributed by atoms with Crippen LogP contribution in [0.25, 0.3) is 22.1 Å². The number of aliphatic hydroxyl groups is 4. The van der Waals surface area contributed by atoms with E-state index < -0.39 is 37.3 Å². The molecular weight excluding hydrogens is 396 g/mol. The Bertz CT molecular complexity index is 1090. The highest BCUT2D eigenvalue weighted by molar-refractivity contribution is 5.82. The second-order valence-electron chi connectivity index (χ2n) is 7.00. The number of ether oxygens (including phenoxy) is 2. The highest BCUT2D eigenvalue weighted by Gasteiger charge is 2.44. The van der Waals surface area contributed by atoms with E-state index in [4.69, 9.17) is 13.9 Å². The van der Waals surface area contributed by atoms with Gasteiger partial charge in [-0.1, -0.05) is 12.1 Å². The maximum Gasteiger partial charge on any atom is 0.229 e. The number of rotatable bonds is 4. The van der Waals surface area contributed by atoms with Crippen molar-refractivity contribution in [3.8, 4) is 22.6 Å². The molecule has 4 rings (SSSR count). The third-order valence-corrected chi connectivity index (χ3v) is 5.02. The van der Waals surface area contributed by atoms with Crippen LogP contribution in [-0.4, -0.2) is 62.8 Å². The molecule has 1 aliphatic rings. The van der Waals surface area contributed by atoms with Crippen LogP contribution in [0.1, 0.15) is 0 Å². The third-order valence-electron chi connectivity index (χ3n) is 5.02. The molecular formula is C21H20O9. The summed E-state index contributed by atoms with van der Waals surface area (Å²) in [5.41, 5.74) is 0.873. The molecule has 9 heteroatoms. The Morgan fingerprint density at radius 2 is 1.70 bits per heavy atom. The summed E-state index contributed by atoms with van der Waals surface area (Å²) in [7, 11) is 0. The molecule has 5 atom stereocenters. The number of hydrogen-bond acceptors (Lipinski definition) is 9. The fraction of sp³-hybridized carbons (Fsp3) is 0.286. The maximum atomic E-state index is 12.7. The summed E-state index contributed by atoms with van der Waals surface area (Å²) < 4.78 is 16.3. The first-order valence-electron chi connectivity index (χ1n) is 9.21. The number of fused-ring (bicyclic) bond motifs is 1. The van der Waals surface area contributed by atoms with Crippen molar-refractivity contribution >= 4 is 11.0 Å². The average Bonchev–Trinajstić information content (AvgIpc) is 2.75. The van der Waals surface area contributed by atoms with Gasteiger partial charge in [-0.15, -0.1) is 0 Å². The Balaban J connectivity index is 1.56. The zero-order chi connectivity index (χ0) is 21.4. The first-order chi connectivity index (χ1) is 14.4. The summed E-state index contributed by atoms with van der Waals surface area (Å²) >= 11 is 0. The van der Waals surface area contributed by atoms with Crippen molar-refractivity contribution in [2.45, 2.75) is 30.7 Å². The van der Waals surface area contributed by atoms with Crippen molar-refractivity contribution in [1.82, 2.24) is 0 Å². The molecule has 0 amide bonds. The summed E-state index contributed by atoms with van der Waals surface area (Å²) in [5.74, 6) is 0.270. The van der Waals surface area contributed by atoms with Crippen LogP contribution in [0, 0.1) is 0 Å². The smallest absolute Gasteiger partial charge is 0.229 e. The largest absolute Gasteiger partial charge is 0.508 e. The maximum absolute atomic E-state index is 12.7. The van der Waals surface area contributed by atoms with E-state index in [9.17, 15) is 30.3 Å². The van der Waals surface area contributed by atoms with Crippen molar-refractivity contribution in [1.29, 1.82) is 0 Å². The topological polar surface area (TPSA) is 150 Å². The van der Waals surface area contributed by atoms with E-state index in [2.05, 4.69) is 0 Å². The molecule has 30 heavy (non-hydrogen) atoms. The van der Waals surface area contributed by atoms with Crippen molar-refractivity contribution in [2.24, 2.45) is 0 Å². The number of aromatic hydroxyl groups is 1. The number of phenolic OH excluding ortho intramolecular Hbond substituents is 1. The molecule has 1 fully saturated rings. The molecule has 2 heterocycles. The predicted molar refractivity (Wildman–Crippen MR) is 104 cm³/mol. The Morgan fingerprint density at radius 1 is 0.967 bits per heavy atom. The molecule has 0 bridgehead atoms. The van der Waals surface area contributed by atoms with Crippen molar-refractivity contribution in [3.05, 3.63) is 59.0 Å². The Kier molecular flexibility index (Phi) is 5.46. The van der Waals surface area contributed by atoms with Crippen LogP contribution in [0.4, 0.5) is 0 Å². The molecule has 158 valence electrons. The zero-order valence-corrected chi connectivity index (χ0v) is 15.6. The van der Waals surface area contributed by atoms with Crippen LogP contribution in [0.5, 0.6) is 11.5 Å². The average molecular weight is 416 g/mol. The van der Waals surface area contributed by atoms with Gasteiger partial charge in [0.1, 0.15) is 47.8 Å². The minimum absolute atomic E-state index is 0.00639. The summed E-state index contributed by atoms with van der Waals surface area (Å²) in [5, 5.41) is 48.8. The van der Waals surface area contributed by atoms with E-state index in [-0.39, 0.29) is 22.5 Å². The van der Waals surface area contributed by atoms with E-state index in [1.807, 2.05) is 0 Å². The van der Waals surface area contributed by atoms with Crippen molar-refractivity contribution in [2.75, 3.05) is 6.61 Å². The molecule has 3 unspecified atom stereocenters. The Morgan fingerprint density at radius 3 is 2.40 bits per heavy atom. The minimum Gasteiger partial charge on any atom is -0.508 e. The van der Waals surface area contributed by atoms with E-state index in [0.29, 0.717) is 16.5 Å². The van der Waals surface area contributed by atoms with Crippen LogP contribution >= 0.6 is 0 Å². The van der Waals surface area contributed by atoms with Crippen LogP contribution in [0.3, 0.4) is 0 Å². The molecule has 0 spiro atoms. The van der Waals surface area contributed by atoms with Gasteiger partial charge in [-0.2, -0.15) is 0 Å². The van der Waals surface area contributed by atoms with Gasteiger partial charge in [0, 0.05) is 6.07 Å². The lowest BCUT2D eigenvalue weighted by atomic mass is 9.99. The van der Waals surface area contributed by atoms with Crippen LogP contribution in [0.2, 0.25) is 0 Å². The monoisotopic (exact) mass is 416 g/mol. The predicted octanol–water partition coefficient (Wildman–Crippen LogP) is 0.344. The van der Waals surface area contributed by atoms with E-state index >= 15 is 0 Å². The molecule has 9 nitrogen and oxygen atoms in total. The normalized spacial score (nSPS) is 26.6. The van der Waals surface area contributed by atoms with Gasteiger partial charge in [-0.25, -0.2) is 0 Å². The lowest BCUT2D eigenvalue weighted by Gasteiger charge is -2.39. The number of benzene rings is 2. The number of aliphatic hydroxyl groups excluding tert-OH is 4. The lowest BCUT2D eigenvalue weighted by molar-refractivity contribution is -0.277. The summed E-state index contributed by atoms with van der Waals surface area (Å²) in [6, 6.07) is 10.5. The van der Waals surface area contributed by atoms with Crippen molar-refractivity contribution < 1.29 is 39.4 Å². The zero-order valence-electron chi connectivity index (χ0n) is 15.6. The van der Waals surface area contributed by atoms with Gasteiger partial charge in [0.25, 0.3) is 0 Å². The molecule has 2 aromatic carbocycles. The Labute approximate surface area is 170 Å². The molecule has 1 aromatic heterocycles. The molecule has 1 saturated heterocycles. The van der Waals surface area contributed by atoms with E-state index in [1.165, 1.54) is 36.6 Å². The summed E-state index contributed by atoms with van der Waals surface area (Å²) in [6.07, 6.45) is -5.61. The van der Waals surface area contributed by atoms with Crippen molar-refractivity contribution in [3.63, 3.8) is 0 Å². The number of phenols is 1. The van der Waals surface area contributed by atoms with Gasteiger partial charge in [-0.3, -0.25) is 4.79 Å². The minimum atomic E-state index is -1.54. The fourth-order valence-electron chi connectivity index (χ4n) is 3.33. The van der Waals surface area contributed by atoms with Gasteiger partial charge in [0.2, 0.25) is 6.29 Å². The van der Waals surface area contributed by atoms with Gasteiger partial charge < -0.3 is 39.4 Å².